The van der Waals surface area contributed by atoms with Gasteiger partial charge in [-0.25, -0.2) is 12.8 Å². The Labute approximate surface area is 150 Å². The van der Waals surface area contributed by atoms with Crippen LogP contribution in [-0.4, -0.2) is 64.4 Å². The van der Waals surface area contributed by atoms with Crippen LogP contribution in [0.1, 0.15) is 6.92 Å². The summed E-state index contributed by atoms with van der Waals surface area (Å²) in [5.41, 5.74) is 0. The monoisotopic (exact) mass is 389 g/mol. The number of benzene rings is 1. The molecule has 1 aromatic carbocycles. The van der Waals surface area contributed by atoms with Crippen LogP contribution >= 0.6 is 0 Å². The van der Waals surface area contributed by atoms with E-state index in [0.29, 0.717) is 0 Å². The Kier molecular flexibility index (Phi) is 7.65. The third kappa shape index (κ3) is 6.41. The van der Waals surface area contributed by atoms with Gasteiger partial charge in [0.25, 0.3) is 5.91 Å². The second-order valence-corrected chi connectivity index (χ2v) is 7.13. The standard InChI is InChI=1S/C15H20FN3O6S/c1-10(18-26(23,24)12-7-5-4-6-11(12)16)15(22)25-9-13(20)17-8-14(21)19(2)3/h4-7,10,18H,8-9H2,1-3H3,(H,17,20)/t10-/m0/s1. The highest BCUT2D eigenvalue weighted by Crippen LogP contribution is 2.13. The zero-order chi connectivity index (χ0) is 19.9. The molecule has 0 aliphatic carbocycles. The molecule has 144 valence electrons. The molecular weight excluding hydrogens is 369 g/mol. The van der Waals surface area contributed by atoms with Crippen molar-refractivity contribution >= 4 is 27.8 Å². The van der Waals surface area contributed by atoms with Crippen LogP contribution in [0.15, 0.2) is 29.2 Å². The Morgan fingerprint density at radius 3 is 2.42 bits per heavy atom. The summed E-state index contributed by atoms with van der Waals surface area (Å²) in [4.78, 5) is 35.3. The molecule has 0 unspecified atom stereocenters. The van der Waals surface area contributed by atoms with Gasteiger partial charge in [-0.3, -0.25) is 14.4 Å². The molecule has 0 saturated carbocycles. The number of ether oxygens (including phenoxy) is 1. The SMILES string of the molecule is C[C@H](NS(=O)(=O)c1ccccc1F)C(=O)OCC(=O)NCC(=O)N(C)C. The average molecular weight is 389 g/mol. The van der Waals surface area contributed by atoms with E-state index in [4.69, 9.17) is 0 Å². The molecule has 9 nitrogen and oxygen atoms in total. The van der Waals surface area contributed by atoms with E-state index in [2.05, 4.69) is 10.1 Å². The van der Waals surface area contributed by atoms with E-state index in [9.17, 15) is 27.2 Å². The lowest BCUT2D eigenvalue weighted by atomic mass is 10.3. The van der Waals surface area contributed by atoms with Crippen LogP contribution in [0.3, 0.4) is 0 Å². The molecule has 1 aromatic rings. The maximum atomic E-state index is 13.6. The van der Waals surface area contributed by atoms with Gasteiger partial charge in [-0.05, 0) is 19.1 Å². The molecular formula is C15H20FN3O6S. The molecule has 0 bridgehead atoms. The van der Waals surface area contributed by atoms with E-state index in [1.165, 1.54) is 38.1 Å². The molecule has 0 heterocycles. The second-order valence-electron chi connectivity index (χ2n) is 5.45. The number of amides is 2. The Balaban J connectivity index is 2.54. The minimum atomic E-state index is -4.28. The van der Waals surface area contributed by atoms with Crippen molar-refractivity contribution in [2.75, 3.05) is 27.2 Å². The number of likely N-dealkylation sites (N-methyl/N-ethyl adjacent to an activating group) is 1. The van der Waals surface area contributed by atoms with Gasteiger partial charge < -0.3 is 15.0 Å². The molecule has 26 heavy (non-hydrogen) atoms. The molecule has 0 radical (unpaired) electrons. The minimum Gasteiger partial charge on any atom is -0.454 e. The fraction of sp³-hybridized carbons (Fsp3) is 0.400. The molecule has 0 spiro atoms. The number of halogens is 1. The number of carbonyl (C=O) groups is 3. The summed E-state index contributed by atoms with van der Waals surface area (Å²) in [5.74, 6) is -3.07. The van der Waals surface area contributed by atoms with Gasteiger partial charge in [-0.15, -0.1) is 0 Å². The van der Waals surface area contributed by atoms with E-state index in [0.717, 1.165) is 12.1 Å². The molecule has 0 saturated heterocycles. The third-order valence-electron chi connectivity index (χ3n) is 3.09. The first kappa shape index (κ1) is 21.5. The normalized spacial score (nSPS) is 12.2. The summed E-state index contributed by atoms with van der Waals surface area (Å²) in [6.07, 6.45) is 0. The number of carbonyl (C=O) groups excluding carboxylic acids is 3. The number of nitrogens with zero attached hydrogens (tertiary/aromatic N) is 1. The zero-order valence-electron chi connectivity index (χ0n) is 14.5. The summed E-state index contributed by atoms with van der Waals surface area (Å²) < 4.78 is 44.4. The van der Waals surface area contributed by atoms with Gasteiger partial charge in [0.2, 0.25) is 15.9 Å². The predicted octanol–water partition coefficient (Wildman–Crippen LogP) is -0.760. The topological polar surface area (TPSA) is 122 Å². The average Bonchev–Trinajstić information content (AvgIpc) is 2.56. The van der Waals surface area contributed by atoms with Crippen LogP contribution in [0.4, 0.5) is 4.39 Å². The molecule has 11 heteroatoms. The van der Waals surface area contributed by atoms with Crippen molar-refractivity contribution in [3.05, 3.63) is 30.1 Å². The first-order chi connectivity index (χ1) is 12.0. The minimum absolute atomic E-state index is 0.265. The van der Waals surface area contributed by atoms with E-state index < -0.39 is 45.3 Å². The molecule has 0 aromatic heterocycles. The van der Waals surface area contributed by atoms with E-state index in [1.54, 1.807) is 0 Å². The van der Waals surface area contributed by atoms with Gasteiger partial charge in [0.15, 0.2) is 6.61 Å². The number of sulfonamides is 1. The van der Waals surface area contributed by atoms with E-state index in [-0.39, 0.29) is 12.5 Å². The lowest BCUT2D eigenvalue weighted by molar-refractivity contribution is -0.149. The number of esters is 1. The van der Waals surface area contributed by atoms with Crippen molar-refractivity contribution in [1.82, 2.24) is 14.9 Å². The first-order valence-electron chi connectivity index (χ1n) is 7.45. The van der Waals surface area contributed by atoms with Gasteiger partial charge in [0.05, 0.1) is 6.54 Å². The van der Waals surface area contributed by atoms with Crippen LogP contribution in [0.2, 0.25) is 0 Å². The van der Waals surface area contributed by atoms with Crippen molar-refractivity contribution < 1.29 is 31.9 Å². The molecule has 2 N–H and O–H groups in total. The number of hydrogen-bond donors (Lipinski definition) is 2. The van der Waals surface area contributed by atoms with Crippen LogP contribution < -0.4 is 10.0 Å². The first-order valence-corrected chi connectivity index (χ1v) is 8.93. The molecule has 2 amide bonds. The highest BCUT2D eigenvalue weighted by atomic mass is 32.2. The van der Waals surface area contributed by atoms with Crippen molar-refractivity contribution in [2.24, 2.45) is 0 Å². The Bertz CT molecular complexity index is 781. The van der Waals surface area contributed by atoms with Crippen LogP contribution in [0, 0.1) is 5.82 Å². The van der Waals surface area contributed by atoms with Gasteiger partial charge in [-0.1, -0.05) is 12.1 Å². The van der Waals surface area contributed by atoms with Crippen LogP contribution in [0.5, 0.6) is 0 Å². The molecule has 1 atom stereocenters. The number of nitrogens with one attached hydrogen (secondary N) is 2. The summed E-state index contributed by atoms with van der Waals surface area (Å²) in [5, 5.41) is 2.24. The maximum Gasteiger partial charge on any atom is 0.324 e. The summed E-state index contributed by atoms with van der Waals surface area (Å²) >= 11 is 0. The smallest absolute Gasteiger partial charge is 0.324 e. The van der Waals surface area contributed by atoms with Crippen LogP contribution in [-0.2, 0) is 29.1 Å². The van der Waals surface area contributed by atoms with E-state index in [1.807, 2.05) is 4.72 Å². The molecule has 0 fully saturated rings. The van der Waals surface area contributed by atoms with Crippen molar-refractivity contribution in [3.8, 4) is 0 Å². The van der Waals surface area contributed by atoms with Crippen LogP contribution in [0.25, 0.3) is 0 Å². The van der Waals surface area contributed by atoms with Gasteiger partial charge in [-0.2, -0.15) is 4.72 Å². The number of rotatable bonds is 8. The second kappa shape index (κ2) is 9.25. The maximum absolute atomic E-state index is 13.6. The quantitative estimate of drug-likeness (QED) is 0.564. The molecule has 0 aliphatic rings. The number of hydrogen-bond acceptors (Lipinski definition) is 6. The Hall–Kier alpha value is -2.53. The lowest BCUT2D eigenvalue weighted by Crippen LogP contribution is -2.42. The fourth-order valence-electron chi connectivity index (χ4n) is 1.65. The third-order valence-corrected chi connectivity index (χ3v) is 4.67. The summed E-state index contributed by atoms with van der Waals surface area (Å²) in [6.45, 7) is 0.234. The fourth-order valence-corrected chi connectivity index (χ4v) is 2.92. The van der Waals surface area contributed by atoms with Crippen molar-refractivity contribution in [3.63, 3.8) is 0 Å². The largest absolute Gasteiger partial charge is 0.454 e. The van der Waals surface area contributed by atoms with Crippen molar-refractivity contribution in [2.45, 2.75) is 17.9 Å². The Morgan fingerprint density at radius 1 is 1.23 bits per heavy atom. The zero-order valence-corrected chi connectivity index (χ0v) is 15.3. The highest BCUT2D eigenvalue weighted by Gasteiger charge is 2.25. The lowest BCUT2D eigenvalue weighted by Gasteiger charge is -2.14. The Morgan fingerprint density at radius 2 is 1.85 bits per heavy atom. The summed E-state index contributed by atoms with van der Waals surface area (Å²) in [6, 6.07) is 3.32. The predicted molar refractivity (Wildman–Crippen MR) is 88.8 cm³/mol. The highest BCUT2D eigenvalue weighted by molar-refractivity contribution is 7.89. The van der Waals surface area contributed by atoms with E-state index >= 15 is 0 Å². The molecule has 1 rings (SSSR count). The molecule has 0 aliphatic heterocycles. The van der Waals surface area contributed by atoms with Gasteiger partial charge in [0, 0.05) is 14.1 Å². The summed E-state index contributed by atoms with van der Waals surface area (Å²) in [7, 11) is -1.26. The van der Waals surface area contributed by atoms with Gasteiger partial charge >= 0.3 is 5.97 Å². The van der Waals surface area contributed by atoms with Gasteiger partial charge in [0.1, 0.15) is 16.8 Å². The van der Waals surface area contributed by atoms with Crippen molar-refractivity contribution in [1.29, 1.82) is 0 Å².